The molecule has 0 unspecified atom stereocenters. The molecule has 18 heavy (non-hydrogen) atoms. The molecule has 0 spiro atoms. The zero-order valence-corrected chi connectivity index (χ0v) is 11.2. The standard InChI is InChI=1S/C15H20O3/c1-4-17-15(16)10-7-11-18-14-9-6-5-8-13(14)12(2)3/h5-10,12H,4,11H2,1-3H3/b10-7+. The van der Waals surface area contributed by atoms with Gasteiger partial charge in [0.25, 0.3) is 0 Å². The highest BCUT2D eigenvalue weighted by Gasteiger charge is 2.05. The van der Waals surface area contributed by atoms with E-state index in [-0.39, 0.29) is 5.97 Å². The monoisotopic (exact) mass is 248 g/mol. The van der Waals surface area contributed by atoms with Gasteiger partial charge in [0.15, 0.2) is 0 Å². The molecule has 0 aliphatic rings. The first-order chi connectivity index (χ1) is 8.65. The van der Waals surface area contributed by atoms with E-state index in [0.717, 1.165) is 5.75 Å². The van der Waals surface area contributed by atoms with Crippen LogP contribution in [-0.4, -0.2) is 19.2 Å². The highest BCUT2D eigenvalue weighted by atomic mass is 16.5. The van der Waals surface area contributed by atoms with E-state index >= 15 is 0 Å². The van der Waals surface area contributed by atoms with E-state index in [2.05, 4.69) is 19.9 Å². The van der Waals surface area contributed by atoms with Crippen LogP contribution in [-0.2, 0) is 9.53 Å². The summed E-state index contributed by atoms with van der Waals surface area (Å²) in [5, 5.41) is 0. The van der Waals surface area contributed by atoms with Crippen molar-refractivity contribution in [2.75, 3.05) is 13.2 Å². The third kappa shape index (κ3) is 4.62. The first-order valence-corrected chi connectivity index (χ1v) is 6.20. The highest BCUT2D eigenvalue weighted by Crippen LogP contribution is 2.25. The maximum absolute atomic E-state index is 11.1. The van der Waals surface area contributed by atoms with Crippen molar-refractivity contribution >= 4 is 5.97 Å². The molecule has 0 fully saturated rings. The second-order valence-corrected chi connectivity index (χ2v) is 4.16. The molecule has 0 saturated heterocycles. The molecule has 0 bridgehead atoms. The molecule has 0 aliphatic heterocycles. The molecule has 1 aromatic carbocycles. The zero-order chi connectivity index (χ0) is 13.4. The molecule has 0 aromatic heterocycles. The van der Waals surface area contributed by atoms with Gasteiger partial charge in [0.1, 0.15) is 12.4 Å². The lowest BCUT2D eigenvalue weighted by Gasteiger charge is -2.12. The summed E-state index contributed by atoms with van der Waals surface area (Å²) >= 11 is 0. The number of esters is 1. The van der Waals surface area contributed by atoms with Crippen LogP contribution in [0.1, 0.15) is 32.3 Å². The Morgan fingerprint density at radius 2 is 2.06 bits per heavy atom. The molecule has 0 amide bonds. The Labute approximate surface area is 108 Å². The third-order valence-electron chi connectivity index (χ3n) is 2.42. The normalized spacial score (nSPS) is 10.9. The Kier molecular flexibility index (Phi) is 5.98. The van der Waals surface area contributed by atoms with E-state index in [9.17, 15) is 4.79 Å². The molecule has 0 aliphatic carbocycles. The summed E-state index contributed by atoms with van der Waals surface area (Å²) in [4.78, 5) is 11.1. The van der Waals surface area contributed by atoms with Crippen LogP contribution in [0.4, 0.5) is 0 Å². The van der Waals surface area contributed by atoms with Crippen molar-refractivity contribution in [3.63, 3.8) is 0 Å². The number of benzene rings is 1. The molecule has 0 saturated carbocycles. The lowest BCUT2D eigenvalue weighted by Crippen LogP contribution is -2.02. The first kappa shape index (κ1) is 14.3. The summed E-state index contributed by atoms with van der Waals surface area (Å²) in [5.74, 6) is 0.939. The average Bonchev–Trinajstić information content (AvgIpc) is 2.35. The Balaban J connectivity index is 2.51. The van der Waals surface area contributed by atoms with Crippen LogP contribution in [0.25, 0.3) is 0 Å². The van der Waals surface area contributed by atoms with Crippen LogP contribution in [0.15, 0.2) is 36.4 Å². The van der Waals surface area contributed by atoms with E-state index < -0.39 is 0 Å². The Morgan fingerprint density at radius 3 is 2.72 bits per heavy atom. The van der Waals surface area contributed by atoms with Crippen molar-refractivity contribution < 1.29 is 14.3 Å². The van der Waals surface area contributed by atoms with Gasteiger partial charge in [-0.15, -0.1) is 0 Å². The average molecular weight is 248 g/mol. The lowest BCUT2D eigenvalue weighted by molar-refractivity contribution is -0.137. The van der Waals surface area contributed by atoms with Crippen LogP contribution in [0.3, 0.4) is 0 Å². The summed E-state index contributed by atoms with van der Waals surface area (Å²) in [7, 11) is 0. The van der Waals surface area contributed by atoms with Crippen LogP contribution < -0.4 is 4.74 Å². The van der Waals surface area contributed by atoms with Gasteiger partial charge in [-0.3, -0.25) is 0 Å². The minimum Gasteiger partial charge on any atom is -0.489 e. The SMILES string of the molecule is CCOC(=O)/C=C/COc1ccccc1C(C)C. The van der Waals surface area contributed by atoms with E-state index in [1.807, 2.05) is 18.2 Å². The van der Waals surface area contributed by atoms with Gasteiger partial charge in [0.2, 0.25) is 0 Å². The Bertz CT molecular complexity index is 408. The molecule has 98 valence electrons. The molecule has 3 heteroatoms. The molecular formula is C15H20O3. The summed E-state index contributed by atoms with van der Waals surface area (Å²) in [6.45, 7) is 6.77. The van der Waals surface area contributed by atoms with Crippen molar-refractivity contribution in [2.24, 2.45) is 0 Å². The van der Waals surface area contributed by atoms with E-state index in [1.165, 1.54) is 11.6 Å². The fourth-order valence-corrected chi connectivity index (χ4v) is 1.56. The minimum atomic E-state index is -0.335. The molecule has 3 nitrogen and oxygen atoms in total. The number of hydrogen-bond acceptors (Lipinski definition) is 3. The fraction of sp³-hybridized carbons (Fsp3) is 0.400. The van der Waals surface area contributed by atoms with Gasteiger partial charge in [-0.05, 0) is 30.5 Å². The number of carbonyl (C=O) groups is 1. The van der Waals surface area contributed by atoms with Gasteiger partial charge >= 0.3 is 5.97 Å². The molecule has 0 heterocycles. The third-order valence-corrected chi connectivity index (χ3v) is 2.42. The van der Waals surface area contributed by atoms with Gasteiger partial charge < -0.3 is 9.47 Å². The predicted molar refractivity (Wildman–Crippen MR) is 71.8 cm³/mol. The smallest absolute Gasteiger partial charge is 0.330 e. The van der Waals surface area contributed by atoms with Gasteiger partial charge in [0, 0.05) is 6.08 Å². The molecule has 1 rings (SSSR count). The molecule has 0 N–H and O–H groups in total. The number of ether oxygens (including phenoxy) is 2. The van der Waals surface area contributed by atoms with Crippen molar-refractivity contribution in [3.05, 3.63) is 42.0 Å². The summed E-state index contributed by atoms with van der Waals surface area (Å²) in [6, 6.07) is 7.93. The fourth-order valence-electron chi connectivity index (χ4n) is 1.56. The minimum absolute atomic E-state index is 0.335. The van der Waals surface area contributed by atoms with Gasteiger partial charge in [0.05, 0.1) is 6.61 Å². The molecule has 0 radical (unpaired) electrons. The highest BCUT2D eigenvalue weighted by molar-refractivity contribution is 5.81. The second-order valence-electron chi connectivity index (χ2n) is 4.16. The number of para-hydroxylation sites is 1. The van der Waals surface area contributed by atoms with Crippen LogP contribution in [0, 0.1) is 0 Å². The van der Waals surface area contributed by atoms with E-state index in [0.29, 0.717) is 19.1 Å². The van der Waals surface area contributed by atoms with Crippen molar-refractivity contribution in [1.82, 2.24) is 0 Å². The quantitative estimate of drug-likeness (QED) is 0.572. The molecule has 0 atom stereocenters. The zero-order valence-electron chi connectivity index (χ0n) is 11.2. The van der Waals surface area contributed by atoms with Gasteiger partial charge in [-0.1, -0.05) is 32.0 Å². The Morgan fingerprint density at radius 1 is 1.33 bits per heavy atom. The topological polar surface area (TPSA) is 35.5 Å². The number of rotatable bonds is 6. The van der Waals surface area contributed by atoms with E-state index in [4.69, 9.17) is 9.47 Å². The lowest BCUT2D eigenvalue weighted by atomic mass is 10.0. The van der Waals surface area contributed by atoms with Crippen LogP contribution in [0.5, 0.6) is 5.75 Å². The van der Waals surface area contributed by atoms with Crippen molar-refractivity contribution in [3.8, 4) is 5.75 Å². The maximum atomic E-state index is 11.1. The van der Waals surface area contributed by atoms with Gasteiger partial charge in [-0.25, -0.2) is 4.79 Å². The first-order valence-electron chi connectivity index (χ1n) is 6.20. The predicted octanol–water partition coefficient (Wildman–Crippen LogP) is 3.31. The summed E-state index contributed by atoms with van der Waals surface area (Å²) in [6.07, 6.45) is 3.05. The van der Waals surface area contributed by atoms with Crippen LogP contribution >= 0.6 is 0 Å². The summed E-state index contributed by atoms with van der Waals surface area (Å²) < 4.78 is 10.4. The largest absolute Gasteiger partial charge is 0.489 e. The van der Waals surface area contributed by atoms with E-state index in [1.54, 1.807) is 13.0 Å². The van der Waals surface area contributed by atoms with Gasteiger partial charge in [-0.2, -0.15) is 0 Å². The maximum Gasteiger partial charge on any atom is 0.330 e. The van der Waals surface area contributed by atoms with Crippen molar-refractivity contribution in [2.45, 2.75) is 26.7 Å². The molecular weight excluding hydrogens is 228 g/mol. The summed E-state index contributed by atoms with van der Waals surface area (Å²) in [5.41, 5.74) is 1.17. The number of carbonyl (C=O) groups excluding carboxylic acids is 1. The second kappa shape index (κ2) is 7.54. The van der Waals surface area contributed by atoms with Crippen LogP contribution in [0.2, 0.25) is 0 Å². The molecule has 1 aromatic rings. The van der Waals surface area contributed by atoms with Crippen molar-refractivity contribution in [1.29, 1.82) is 0 Å². The Hall–Kier alpha value is -1.77. The number of hydrogen-bond donors (Lipinski definition) is 0.